The zero-order valence-electron chi connectivity index (χ0n) is 15.7. The lowest BCUT2D eigenvalue weighted by atomic mass is 9.89. The van der Waals surface area contributed by atoms with E-state index < -0.39 is 0 Å². The van der Waals surface area contributed by atoms with Crippen LogP contribution in [0.3, 0.4) is 0 Å². The summed E-state index contributed by atoms with van der Waals surface area (Å²) in [5, 5.41) is 5.69. The molecule has 7 heteroatoms. The molecule has 0 spiro atoms. The first kappa shape index (κ1) is 19.9. The van der Waals surface area contributed by atoms with Gasteiger partial charge in [0, 0.05) is 24.6 Å². The van der Waals surface area contributed by atoms with E-state index in [1.54, 1.807) is 12.1 Å². The second-order valence-corrected chi connectivity index (χ2v) is 6.30. The SMILES string of the molecule is COc1cc(C(=O)NCCNC(=O)C2CCCCC2)cc(OC)c1OC. The van der Waals surface area contributed by atoms with Crippen molar-refractivity contribution in [3.05, 3.63) is 17.7 Å². The molecule has 0 unspecified atom stereocenters. The minimum absolute atomic E-state index is 0.0896. The van der Waals surface area contributed by atoms with Crippen molar-refractivity contribution in [2.45, 2.75) is 32.1 Å². The minimum atomic E-state index is -0.267. The maximum Gasteiger partial charge on any atom is 0.251 e. The number of carbonyl (C=O) groups is 2. The van der Waals surface area contributed by atoms with Gasteiger partial charge in [0.2, 0.25) is 11.7 Å². The molecule has 144 valence electrons. The van der Waals surface area contributed by atoms with Crippen molar-refractivity contribution in [1.29, 1.82) is 0 Å². The standard InChI is InChI=1S/C19H28N2O5/c1-24-15-11-14(12-16(25-2)17(15)26-3)19(23)21-10-9-20-18(22)13-7-5-4-6-8-13/h11-13H,4-10H2,1-3H3,(H,20,22)(H,21,23). The van der Waals surface area contributed by atoms with Gasteiger partial charge in [0.25, 0.3) is 5.91 Å². The predicted octanol–water partition coefficient (Wildman–Crippen LogP) is 2.14. The van der Waals surface area contributed by atoms with Gasteiger partial charge >= 0.3 is 0 Å². The van der Waals surface area contributed by atoms with Crippen molar-refractivity contribution in [3.8, 4) is 17.2 Å². The van der Waals surface area contributed by atoms with Gasteiger partial charge in [-0.05, 0) is 25.0 Å². The molecule has 7 nitrogen and oxygen atoms in total. The first-order valence-electron chi connectivity index (χ1n) is 8.96. The predicted molar refractivity (Wildman–Crippen MR) is 98.0 cm³/mol. The Bertz CT molecular complexity index is 601. The molecule has 0 radical (unpaired) electrons. The van der Waals surface area contributed by atoms with Crippen LogP contribution in [0, 0.1) is 5.92 Å². The highest BCUT2D eigenvalue weighted by Crippen LogP contribution is 2.38. The third-order valence-electron chi connectivity index (χ3n) is 4.61. The fourth-order valence-corrected chi connectivity index (χ4v) is 3.19. The van der Waals surface area contributed by atoms with E-state index in [9.17, 15) is 9.59 Å². The molecule has 1 aliphatic carbocycles. The third kappa shape index (κ3) is 5.03. The van der Waals surface area contributed by atoms with Crippen molar-refractivity contribution < 1.29 is 23.8 Å². The number of ether oxygens (including phenoxy) is 3. The largest absolute Gasteiger partial charge is 0.493 e. The van der Waals surface area contributed by atoms with Crippen molar-refractivity contribution in [2.24, 2.45) is 5.92 Å². The molecule has 0 saturated heterocycles. The van der Waals surface area contributed by atoms with Crippen LogP contribution in [0.25, 0.3) is 0 Å². The normalized spacial score (nSPS) is 14.4. The summed E-state index contributed by atoms with van der Waals surface area (Å²) in [6.07, 6.45) is 5.38. The van der Waals surface area contributed by atoms with Crippen molar-refractivity contribution in [1.82, 2.24) is 10.6 Å². The van der Waals surface area contributed by atoms with Gasteiger partial charge in [0.15, 0.2) is 11.5 Å². The van der Waals surface area contributed by atoms with Gasteiger partial charge in [-0.25, -0.2) is 0 Å². The van der Waals surface area contributed by atoms with Gasteiger partial charge in [-0.2, -0.15) is 0 Å². The molecule has 0 atom stereocenters. The molecule has 0 aliphatic heterocycles. The molecule has 0 bridgehead atoms. The van der Waals surface area contributed by atoms with E-state index in [0.717, 1.165) is 25.7 Å². The van der Waals surface area contributed by atoms with Crippen molar-refractivity contribution in [2.75, 3.05) is 34.4 Å². The van der Waals surface area contributed by atoms with E-state index in [-0.39, 0.29) is 17.7 Å². The van der Waals surface area contributed by atoms with E-state index in [1.807, 2.05) is 0 Å². The van der Waals surface area contributed by atoms with Crippen LogP contribution < -0.4 is 24.8 Å². The molecule has 2 N–H and O–H groups in total. The number of rotatable bonds is 8. The Morgan fingerprint density at radius 3 is 2.04 bits per heavy atom. The molecule has 26 heavy (non-hydrogen) atoms. The summed E-state index contributed by atoms with van der Waals surface area (Å²) in [6, 6.07) is 3.19. The van der Waals surface area contributed by atoms with Crippen LogP contribution in [0.5, 0.6) is 17.2 Å². The van der Waals surface area contributed by atoms with Crippen LogP contribution in [-0.4, -0.2) is 46.2 Å². The van der Waals surface area contributed by atoms with Gasteiger partial charge in [-0.15, -0.1) is 0 Å². The highest BCUT2D eigenvalue weighted by atomic mass is 16.5. The second-order valence-electron chi connectivity index (χ2n) is 6.30. The van der Waals surface area contributed by atoms with E-state index in [2.05, 4.69) is 10.6 Å². The zero-order valence-corrected chi connectivity index (χ0v) is 15.7. The van der Waals surface area contributed by atoms with Gasteiger partial charge in [0.1, 0.15) is 0 Å². The molecular weight excluding hydrogens is 336 g/mol. The van der Waals surface area contributed by atoms with Crippen LogP contribution in [0.15, 0.2) is 12.1 Å². The summed E-state index contributed by atoms with van der Waals surface area (Å²) < 4.78 is 15.7. The first-order chi connectivity index (χ1) is 12.6. The molecule has 0 heterocycles. The van der Waals surface area contributed by atoms with Gasteiger partial charge in [-0.3, -0.25) is 9.59 Å². The number of methoxy groups -OCH3 is 3. The first-order valence-corrected chi connectivity index (χ1v) is 8.96. The maximum absolute atomic E-state index is 12.4. The van der Waals surface area contributed by atoms with Crippen LogP contribution in [0.2, 0.25) is 0 Å². The smallest absolute Gasteiger partial charge is 0.251 e. The Hall–Kier alpha value is -2.44. The van der Waals surface area contributed by atoms with Crippen LogP contribution >= 0.6 is 0 Å². The number of amides is 2. The van der Waals surface area contributed by atoms with Crippen LogP contribution in [-0.2, 0) is 4.79 Å². The molecule has 0 aromatic heterocycles. The van der Waals surface area contributed by atoms with Gasteiger partial charge in [-0.1, -0.05) is 19.3 Å². The Morgan fingerprint density at radius 1 is 0.923 bits per heavy atom. The highest BCUT2D eigenvalue weighted by Gasteiger charge is 2.20. The summed E-state index contributed by atoms with van der Waals surface area (Å²) >= 11 is 0. The van der Waals surface area contributed by atoms with E-state index in [0.29, 0.717) is 35.9 Å². The van der Waals surface area contributed by atoms with Crippen LogP contribution in [0.1, 0.15) is 42.5 Å². The number of hydrogen-bond acceptors (Lipinski definition) is 5. The van der Waals surface area contributed by atoms with E-state index in [4.69, 9.17) is 14.2 Å². The average Bonchev–Trinajstić information content (AvgIpc) is 2.70. The lowest BCUT2D eigenvalue weighted by molar-refractivity contribution is -0.125. The molecule has 1 aliphatic rings. The molecular formula is C19H28N2O5. The fourth-order valence-electron chi connectivity index (χ4n) is 3.19. The van der Waals surface area contributed by atoms with Crippen molar-refractivity contribution >= 4 is 11.8 Å². The Balaban J connectivity index is 1.86. The highest BCUT2D eigenvalue weighted by molar-refractivity contribution is 5.95. The number of carbonyl (C=O) groups excluding carboxylic acids is 2. The second kappa shape index (κ2) is 9.89. The van der Waals surface area contributed by atoms with E-state index in [1.165, 1.54) is 27.8 Å². The zero-order chi connectivity index (χ0) is 18.9. The average molecular weight is 364 g/mol. The Kier molecular flexibility index (Phi) is 7.56. The minimum Gasteiger partial charge on any atom is -0.493 e. The molecule has 1 fully saturated rings. The third-order valence-corrected chi connectivity index (χ3v) is 4.61. The monoisotopic (exact) mass is 364 g/mol. The summed E-state index contributed by atoms with van der Waals surface area (Å²) in [4.78, 5) is 24.4. The van der Waals surface area contributed by atoms with Gasteiger partial charge in [0.05, 0.1) is 21.3 Å². The number of nitrogens with one attached hydrogen (secondary N) is 2. The summed E-state index contributed by atoms with van der Waals surface area (Å²) in [5.74, 6) is 1.22. The molecule has 1 aromatic rings. The quantitative estimate of drug-likeness (QED) is 0.690. The van der Waals surface area contributed by atoms with Gasteiger partial charge < -0.3 is 24.8 Å². The summed E-state index contributed by atoms with van der Waals surface area (Å²) in [6.45, 7) is 0.763. The van der Waals surface area contributed by atoms with E-state index >= 15 is 0 Å². The van der Waals surface area contributed by atoms with Crippen LogP contribution in [0.4, 0.5) is 0 Å². The molecule has 2 rings (SSSR count). The number of benzene rings is 1. The van der Waals surface area contributed by atoms with Crippen molar-refractivity contribution in [3.63, 3.8) is 0 Å². The fraction of sp³-hybridized carbons (Fsp3) is 0.579. The molecule has 2 amide bonds. The lowest BCUT2D eigenvalue weighted by Crippen LogP contribution is -2.38. The Labute approximate surface area is 154 Å². The lowest BCUT2D eigenvalue weighted by Gasteiger charge is -2.20. The molecule has 1 aromatic carbocycles. The topological polar surface area (TPSA) is 85.9 Å². The molecule has 1 saturated carbocycles. The summed E-state index contributed by atoms with van der Waals surface area (Å²) in [7, 11) is 4.51. The summed E-state index contributed by atoms with van der Waals surface area (Å²) in [5.41, 5.74) is 0.401. The Morgan fingerprint density at radius 2 is 1.50 bits per heavy atom. The maximum atomic E-state index is 12.4. The number of hydrogen-bond donors (Lipinski definition) is 2.